The first kappa shape index (κ1) is 20.3. The number of unbranched alkanes of at least 4 members (excludes halogenated alkanes) is 2. The number of rotatable bonds is 9. The smallest absolute Gasteiger partial charge is 0.478 e. The summed E-state index contributed by atoms with van der Waals surface area (Å²) in [6, 6.07) is 3.73. The maximum Gasteiger partial charge on any atom is 0.513 e. The summed E-state index contributed by atoms with van der Waals surface area (Å²) in [5.41, 5.74) is 0.0141. The number of carbonyl (C=O) groups excluding carboxylic acids is 2. The number of nitrogens with one attached hydrogen (secondary N) is 1. The molecule has 0 heterocycles. The minimum absolute atomic E-state index is 0.0961. The third-order valence-corrected chi connectivity index (χ3v) is 3.11. The van der Waals surface area contributed by atoms with E-state index < -0.39 is 18.2 Å². The molecule has 2 N–H and O–H groups in total. The second kappa shape index (κ2) is 10.9. The highest BCUT2D eigenvalue weighted by Gasteiger charge is 2.16. The summed E-state index contributed by atoms with van der Waals surface area (Å²) < 4.78 is 14.9. The normalized spacial score (nSPS) is 10.0. The molecule has 0 spiro atoms. The topological polar surface area (TPSA) is 111 Å². The molecule has 1 aromatic rings. The average Bonchev–Trinajstić information content (AvgIpc) is 2.56. The van der Waals surface area contributed by atoms with Gasteiger partial charge in [0.05, 0.1) is 24.5 Å². The number of anilines is 1. The Labute approximate surface area is 146 Å². The predicted octanol–water partition coefficient (Wildman–Crippen LogP) is 4.05. The van der Waals surface area contributed by atoms with Crippen LogP contribution in [0.4, 0.5) is 15.3 Å². The number of hydrogen-bond acceptors (Lipinski definition) is 6. The highest BCUT2D eigenvalue weighted by atomic mass is 16.7. The summed E-state index contributed by atoms with van der Waals surface area (Å²) in [5, 5.41) is 11.5. The van der Waals surface area contributed by atoms with Gasteiger partial charge in [-0.25, -0.2) is 14.4 Å². The van der Waals surface area contributed by atoms with Gasteiger partial charge in [-0.1, -0.05) is 26.7 Å². The molecule has 0 aromatic heterocycles. The minimum Gasteiger partial charge on any atom is -0.478 e. The molecular formula is C17H23NO7. The molecule has 0 fully saturated rings. The van der Waals surface area contributed by atoms with Gasteiger partial charge >= 0.3 is 18.2 Å². The lowest BCUT2D eigenvalue weighted by atomic mass is 10.2. The van der Waals surface area contributed by atoms with Crippen molar-refractivity contribution in [3.05, 3.63) is 23.8 Å². The fourth-order valence-corrected chi connectivity index (χ4v) is 1.72. The Morgan fingerprint density at radius 2 is 1.68 bits per heavy atom. The van der Waals surface area contributed by atoms with Crippen LogP contribution in [0.15, 0.2) is 18.2 Å². The van der Waals surface area contributed by atoms with E-state index in [1.807, 2.05) is 13.8 Å². The minimum atomic E-state index is -1.19. The van der Waals surface area contributed by atoms with Crippen molar-refractivity contribution in [3.63, 3.8) is 0 Å². The van der Waals surface area contributed by atoms with Gasteiger partial charge in [-0.3, -0.25) is 5.32 Å². The van der Waals surface area contributed by atoms with Gasteiger partial charge < -0.3 is 19.3 Å². The molecule has 0 radical (unpaired) electrons. The molecule has 0 aliphatic carbocycles. The molecule has 138 valence electrons. The van der Waals surface area contributed by atoms with E-state index in [0.29, 0.717) is 6.42 Å². The van der Waals surface area contributed by atoms with Crippen LogP contribution in [0.2, 0.25) is 0 Å². The van der Waals surface area contributed by atoms with E-state index in [4.69, 9.17) is 19.3 Å². The van der Waals surface area contributed by atoms with Crippen LogP contribution in [0.5, 0.6) is 5.75 Å². The molecule has 0 aliphatic heterocycles. The Morgan fingerprint density at radius 3 is 2.28 bits per heavy atom. The van der Waals surface area contributed by atoms with Crippen LogP contribution in [-0.2, 0) is 9.47 Å². The van der Waals surface area contributed by atoms with Crippen LogP contribution in [-0.4, -0.2) is 36.5 Å². The number of ether oxygens (including phenoxy) is 3. The van der Waals surface area contributed by atoms with E-state index in [9.17, 15) is 14.4 Å². The van der Waals surface area contributed by atoms with Crippen LogP contribution < -0.4 is 10.1 Å². The summed E-state index contributed by atoms with van der Waals surface area (Å²) in [5.74, 6) is -1.32. The zero-order chi connectivity index (χ0) is 18.7. The van der Waals surface area contributed by atoms with Gasteiger partial charge in [0.25, 0.3) is 0 Å². The standard InChI is InChI=1S/C17H23NO7/c1-3-5-9-23-16(21)18-13-8-7-12(15(19)20)11-14(13)25-17(22)24-10-6-4-2/h7-8,11H,3-6,9-10H2,1-2H3,(H,18,21)(H,19,20). The third-order valence-electron chi connectivity index (χ3n) is 3.11. The maximum atomic E-state index is 11.7. The summed E-state index contributed by atoms with van der Waals surface area (Å²) in [7, 11) is 0. The van der Waals surface area contributed by atoms with Crippen molar-refractivity contribution in [1.82, 2.24) is 0 Å². The van der Waals surface area contributed by atoms with Crippen molar-refractivity contribution in [3.8, 4) is 5.75 Å². The average molecular weight is 353 g/mol. The second-order valence-corrected chi connectivity index (χ2v) is 5.18. The first-order valence-electron chi connectivity index (χ1n) is 8.13. The largest absolute Gasteiger partial charge is 0.513 e. The molecule has 1 amide bonds. The van der Waals surface area contributed by atoms with Gasteiger partial charge in [0, 0.05) is 0 Å². The molecule has 8 nitrogen and oxygen atoms in total. The van der Waals surface area contributed by atoms with E-state index in [1.165, 1.54) is 12.1 Å². The summed E-state index contributed by atoms with van der Waals surface area (Å²) in [6.45, 7) is 4.35. The van der Waals surface area contributed by atoms with Crippen LogP contribution >= 0.6 is 0 Å². The van der Waals surface area contributed by atoms with Crippen molar-refractivity contribution in [2.75, 3.05) is 18.5 Å². The lowest BCUT2D eigenvalue weighted by Crippen LogP contribution is -2.17. The zero-order valence-electron chi connectivity index (χ0n) is 14.4. The van der Waals surface area contributed by atoms with E-state index >= 15 is 0 Å². The molecule has 0 aliphatic rings. The van der Waals surface area contributed by atoms with Gasteiger partial charge in [-0.2, -0.15) is 0 Å². The number of carbonyl (C=O) groups is 3. The Morgan fingerprint density at radius 1 is 1.04 bits per heavy atom. The predicted molar refractivity (Wildman–Crippen MR) is 90.2 cm³/mol. The Balaban J connectivity index is 2.82. The Hall–Kier alpha value is -2.77. The molecule has 25 heavy (non-hydrogen) atoms. The summed E-state index contributed by atoms with van der Waals surface area (Å²) in [6.07, 6.45) is 1.42. The SMILES string of the molecule is CCCCOC(=O)Nc1ccc(C(=O)O)cc1OC(=O)OCCCC. The van der Waals surface area contributed by atoms with Crippen LogP contribution in [0.25, 0.3) is 0 Å². The number of carboxylic acid groups (broad SMARTS) is 1. The first-order valence-corrected chi connectivity index (χ1v) is 8.13. The quantitative estimate of drug-likeness (QED) is 0.391. The van der Waals surface area contributed by atoms with Crippen molar-refractivity contribution in [2.24, 2.45) is 0 Å². The number of benzene rings is 1. The van der Waals surface area contributed by atoms with E-state index in [-0.39, 0.29) is 30.2 Å². The van der Waals surface area contributed by atoms with Gasteiger partial charge in [0.15, 0.2) is 5.75 Å². The lowest BCUT2D eigenvalue weighted by molar-refractivity contribution is 0.0694. The van der Waals surface area contributed by atoms with Gasteiger partial charge in [0.2, 0.25) is 0 Å². The number of hydrogen-bond donors (Lipinski definition) is 2. The van der Waals surface area contributed by atoms with Crippen molar-refractivity contribution < 1.29 is 33.7 Å². The van der Waals surface area contributed by atoms with Crippen LogP contribution in [0.1, 0.15) is 49.9 Å². The molecular weight excluding hydrogens is 330 g/mol. The van der Waals surface area contributed by atoms with Crippen molar-refractivity contribution in [1.29, 1.82) is 0 Å². The fourth-order valence-electron chi connectivity index (χ4n) is 1.72. The van der Waals surface area contributed by atoms with E-state index in [0.717, 1.165) is 25.3 Å². The van der Waals surface area contributed by atoms with Gasteiger partial charge in [0.1, 0.15) is 0 Å². The monoisotopic (exact) mass is 353 g/mol. The number of carboxylic acids is 1. The first-order chi connectivity index (χ1) is 12.0. The van der Waals surface area contributed by atoms with Crippen LogP contribution in [0.3, 0.4) is 0 Å². The van der Waals surface area contributed by atoms with Gasteiger partial charge in [-0.05, 0) is 31.0 Å². The molecule has 0 atom stereocenters. The molecule has 0 saturated heterocycles. The Bertz CT molecular complexity index is 601. The van der Waals surface area contributed by atoms with E-state index in [1.54, 1.807) is 0 Å². The third kappa shape index (κ3) is 7.56. The fraction of sp³-hybridized carbons (Fsp3) is 0.471. The maximum absolute atomic E-state index is 11.7. The summed E-state index contributed by atoms with van der Waals surface area (Å²) >= 11 is 0. The highest BCUT2D eigenvalue weighted by molar-refractivity contribution is 5.92. The van der Waals surface area contributed by atoms with E-state index in [2.05, 4.69) is 5.32 Å². The summed E-state index contributed by atoms with van der Waals surface area (Å²) in [4.78, 5) is 34.5. The molecule has 0 bridgehead atoms. The van der Waals surface area contributed by atoms with Gasteiger partial charge in [-0.15, -0.1) is 0 Å². The van der Waals surface area contributed by atoms with Crippen molar-refractivity contribution in [2.45, 2.75) is 39.5 Å². The highest BCUT2D eigenvalue weighted by Crippen LogP contribution is 2.27. The second-order valence-electron chi connectivity index (χ2n) is 5.18. The molecule has 1 rings (SSSR count). The number of amides is 1. The molecule has 1 aromatic carbocycles. The lowest BCUT2D eigenvalue weighted by Gasteiger charge is -2.12. The molecule has 0 saturated carbocycles. The molecule has 8 heteroatoms. The van der Waals surface area contributed by atoms with Crippen LogP contribution in [0, 0.1) is 0 Å². The molecule has 0 unspecified atom stereocenters. The number of aromatic carboxylic acids is 1. The van der Waals surface area contributed by atoms with Crippen molar-refractivity contribution >= 4 is 23.9 Å². The Kier molecular flexibility index (Phi) is 8.84. The zero-order valence-corrected chi connectivity index (χ0v) is 14.4.